The second kappa shape index (κ2) is 6.82. The molecule has 84 valence electrons. The molecule has 0 spiro atoms. The van der Waals surface area contributed by atoms with Crippen molar-refractivity contribution >= 4 is 5.97 Å². The molecule has 0 saturated carbocycles. The van der Waals surface area contributed by atoms with Gasteiger partial charge in [-0.1, -0.05) is 13.3 Å². The molecule has 0 aliphatic rings. The maximum absolute atomic E-state index is 11.3. The second-order valence-electron chi connectivity index (χ2n) is 4.09. The predicted octanol–water partition coefficient (Wildman–Crippen LogP) is 2.39. The first kappa shape index (κ1) is 13.4. The van der Waals surface area contributed by atoms with Gasteiger partial charge in [-0.3, -0.25) is 4.79 Å². The summed E-state index contributed by atoms with van der Waals surface area (Å²) in [4.78, 5) is 11.3. The SMILES string of the molecule is CCCCOCCC(C)(C)C(=O)OC. The van der Waals surface area contributed by atoms with E-state index in [1.54, 1.807) is 0 Å². The van der Waals surface area contributed by atoms with Crippen LogP contribution in [0.4, 0.5) is 0 Å². The summed E-state index contributed by atoms with van der Waals surface area (Å²) in [5.41, 5.74) is -0.430. The zero-order valence-corrected chi connectivity index (χ0v) is 9.76. The molecule has 0 heterocycles. The van der Waals surface area contributed by atoms with E-state index in [1.807, 2.05) is 13.8 Å². The minimum Gasteiger partial charge on any atom is -0.469 e. The lowest BCUT2D eigenvalue weighted by molar-refractivity contribution is -0.151. The molecule has 0 aromatic rings. The molecule has 0 aliphatic carbocycles. The number of unbranched alkanes of at least 4 members (excludes halogenated alkanes) is 1. The minimum absolute atomic E-state index is 0.170. The van der Waals surface area contributed by atoms with Crippen LogP contribution in [0.3, 0.4) is 0 Å². The van der Waals surface area contributed by atoms with Crippen LogP contribution in [0.25, 0.3) is 0 Å². The van der Waals surface area contributed by atoms with E-state index in [0.717, 1.165) is 19.4 Å². The Hall–Kier alpha value is -0.570. The molecule has 0 aromatic carbocycles. The van der Waals surface area contributed by atoms with Gasteiger partial charge in [0.15, 0.2) is 0 Å². The third-order valence-electron chi connectivity index (χ3n) is 2.25. The van der Waals surface area contributed by atoms with Gasteiger partial charge in [-0.2, -0.15) is 0 Å². The number of hydrogen-bond donors (Lipinski definition) is 0. The normalized spacial score (nSPS) is 11.4. The molecule has 0 aromatic heterocycles. The number of esters is 1. The highest BCUT2D eigenvalue weighted by molar-refractivity contribution is 5.75. The molecule has 0 fully saturated rings. The van der Waals surface area contributed by atoms with Gasteiger partial charge in [0.25, 0.3) is 0 Å². The van der Waals surface area contributed by atoms with E-state index in [2.05, 4.69) is 6.92 Å². The Bertz CT molecular complexity index is 164. The highest BCUT2D eigenvalue weighted by Gasteiger charge is 2.27. The smallest absolute Gasteiger partial charge is 0.311 e. The van der Waals surface area contributed by atoms with Crippen LogP contribution in [-0.2, 0) is 14.3 Å². The number of rotatable bonds is 7. The lowest BCUT2D eigenvalue weighted by atomic mass is 9.90. The van der Waals surface area contributed by atoms with Crippen molar-refractivity contribution in [1.82, 2.24) is 0 Å². The van der Waals surface area contributed by atoms with Gasteiger partial charge in [0, 0.05) is 13.2 Å². The summed E-state index contributed by atoms with van der Waals surface area (Å²) in [5.74, 6) is -0.170. The van der Waals surface area contributed by atoms with Crippen molar-refractivity contribution in [3.8, 4) is 0 Å². The van der Waals surface area contributed by atoms with Crippen molar-refractivity contribution in [2.75, 3.05) is 20.3 Å². The number of carbonyl (C=O) groups excluding carboxylic acids is 1. The molecule has 14 heavy (non-hydrogen) atoms. The van der Waals surface area contributed by atoms with Crippen LogP contribution in [0, 0.1) is 5.41 Å². The number of methoxy groups -OCH3 is 1. The summed E-state index contributed by atoms with van der Waals surface area (Å²) in [5, 5.41) is 0. The Kier molecular flexibility index (Phi) is 6.54. The largest absolute Gasteiger partial charge is 0.469 e. The molecule has 0 N–H and O–H groups in total. The lowest BCUT2D eigenvalue weighted by Gasteiger charge is -2.20. The first-order valence-corrected chi connectivity index (χ1v) is 5.20. The van der Waals surface area contributed by atoms with Crippen LogP contribution in [0.1, 0.15) is 40.0 Å². The van der Waals surface area contributed by atoms with Crippen molar-refractivity contribution < 1.29 is 14.3 Å². The van der Waals surface area contributed by atoms with E-state index in [-0.39, 0.29) is 5.97 Å². The molecule has 0 bridgehead atoms. The van der Waals surface area contributed by atoms with E-state index in [9.17, 15) is 4.79 Å². The molecule has 0 unspecified atom stereocenters. The standard InChI is InChI=1S/C11H22O3/c1-5-6-8-14-9-7-11(2,3)10(12)13-4/h5-9H2,1-4H3. The summed E-state index contributed by atoms with van der Waals surface area (Å²) in [6, 6.07) is 0. The third-order valence-corrected chi connectivity index (χ3v) is 2.25. The van der Waals surface area contributed by atoms with Crippen molar-refractivity contribution in [2.24, 2.45) is 5.41 Å². The van der Waals surface area contributed by atoms with E-state index >= 15 is 0 Å². The first-order chi connectivity index (χ1) is 6.54. The zero-order valence-electron chi connectivity index (χ0n) is 9.76. The Morgan fingerprint density at radius 1 is 1.29 bits per heavy atom. The average molecular weight is 202 g/mol. The van der Waals surface area contributed by atoms with E-state index in [4.69, 9.17) is 9.47 Å². The summed E-state index contributed by atoms with van der Waals surface area (Å²) >= 11 is 0. The van der Waals surface area contributed by atoms with Gasteiger partial charge < -0.3 is 9.47 Å². The Morgan fingerprint density at radius 3 is 2.43 bits per heavy atom. The van der Waals surface area contributed by atoms with Crippen LogP contribution in [-0.4, -0.2) is 26.3 Å². The van der Waals surface area contributed by atoms with Crippen molar-refractivity contribution in [1.29, 1.82) is 0 Å². The second-order valence-corrected chi connectivity index (χ2v) is 4.09. The van der Waals surface area contributed by atoms with Crippen LogP contribution in [0.2, 0.25) is 0 Å². The molecule has 0 atom stereocenters. The fourth-order valence-corrected chi connectivity index (χ4v) is 1.05. The molecule has 0 rings (SSSR count). The molecule has 3 heteroatoms. The van der Waals surface area contributed by atoms with Crippen LogP contribution >= 0.6 is 0 Å². The maximum Gasteiger partial charge on any atom is 0.311 e. The highest BCUT2D eigenvalue weighted by atomic mass is 16.5. The van der Waals surface area contributed by atoms with Crippen LogP contribution < -0.4 is 0 Å². The topological polar surface area (TPSA) is 35.5 Å². The monoisotopic (exact) mass is 202 g/mol. The van der Waals surface area contributed by atoms with Crippen LogP contribution in [0.15, 0.2) is 0 Å². The third kappa shape index (κ3) is 5.22. The molecular formula is C11H22O3. The molecule has 0 radical (unpaired) electrons. The predicted molar refractivity (Wildman–Crippen MR) is 56.1 cm³/mol. The minimum atomic E-state index is -0.430. The summed E-state index contributed by atoms with van der Waals surface area (Å²) in [6.07, 6.45) is 2.93. The number of carbonyl (C=O) groups is 1. The lowest BCUT2D eigenvalue weighted by Crippen LogP contribution is -2.27. The van der Waals surface area contributed by atoms with Gasteiger partial charge in [-0.05, 0) is 26.7 Å². The van der Waals surface area contributed by atoms with Crippen LogP contribution in [0.5, 0.6) is 0 Å². The van der Waals surface area contributed by atoms with E-state index in [0.29, 0.717) is 13.0 Å². The van der Waals surface area contributed by atoms with Gasteiger partial charge in [0.05, 0.1) is 12.5 Å². The van der Waals surface area contributed by atoms with Gasteiger partial charge >= 0.3 is 5.97 Å². The Morgan fingerprint density at radius 2 is 1.93 bits per heavy atom. The number of ether oxygens (including phenoxy) is 2. The fraction of sp³-hybridized carbons (Fsp3) is 0.909. The quantitative estimate of drug-likeness (QED) is 0.469. The van der Waals surface area contributed by atoms with Crippen molar-refractivity contribution in [2.45, 2.75) is 40.0 Å². The van der Waals surface area contributed by atoms with Gasteiger partial charge in [0.2, 0.25) is 0 Å². The summed E-state index contributed by atoms with van der Waals surface area (Å²) < 4.78 is 10.1. The Balaban J connectivity index is 3.60. The summed E-state index contributed by atoms with van der Waals surface area (Å²) in [6.45, 7) is 7.29. The molecule has 0 aliphatic heterocycles. The Labute approximate surface area is 86.8 Å². The van der Waals surface area contributed by atoms with E-state index < -0.39 is 5.41 Å². The molecule has 3 nitrogen and oxygen atoms in total. The van der Waals surface area contributed by atoms with Gasteiger partial charge in [-0.15, -0.1) is 0 Å². The number of hydrogen-bond acceptors (Lipinski definition) is 3. The van der Waals surface area contributed by atoms with Gasteiger partial charge in [0.1, 0.15) is 0 Å². The fourth-order valence-electron chi connectivity index (χ4n) is 1.05. The van der Waals surface area contributed by atoms with Gasteiger partial charge in [-0.25, -0.2) is 0 Å². The zero-order chi connectivity index (χ0) is 11.0. The molecule has 0 saturated heterocycles. The van der Waals surface area contributed by atoms with E-state index in [1.165, 1.54) is 7.11 Å². The van der Waals surface area contributed by atoms with Crippen molar-refractivity contribution in [3.05, 3.63) is 0 Å². The first-order valence-electron chi connectivity index (χ1n) is 5.20. The summed E-state index contributed by atoms with van der Waals surface area (Å²) in [7, 11) is 1.42. The molecule has 0 amide bonds. The highest BCUT2D eigenvalue weighted by Crippen LogP contribution is 2.21. The molecular weight excluding hydrogens is 180 g/mol. The maximum atomic E-state index is 11.3. The van der Waals surface area contributed by atoms with Crippen molar-refractivity contribution in [3.63, 3.8) is 0 Å². The average Bonchev–Trinajstić information content (AvgIpc) is 2.16.